The quantitative estimate of drug-likeness (QED) is 0.677. The molecule has 0 bridgehead atoms. The first-order valence-electron chi connectivity index (χ1n) is 10.3. The number of anilines is 1. The van der Waals surface area contributed by atoms with Gasteiger partial charge in [0.1, 0.15) is 0 Å². The van der Waals surface area contributed by atoms with Crippen molar-refractivity contribution >= 4 is 11.8 Å². The lowest BCUT2D eigenvalue weighted by Gasteiger charge is -2.50. The highest BCUT2D eigenvalue weighted by atomic mass is 19.4. The maximum Gasteiger partial charge on any atom is 0.490 e. The second-order valence-electron chi connectivity index (χ2n) is 7.95. The van der Waals surface area contributed by atoms with Crippen LogP contribution in [0.15, 0.2) is 30.5 Å². The van der Waals surface area contributed by atoms with Crippen LogP contribution in [0, 0.1) is 18.2 Å². The van der Waals surface area contributed by atoms with Crippen molar-refractivity contribution in [2.24, 2.45) is 5.41 Å². The number of pyridine rings is 1. The molecule has 0 aromatic carbocycles. The third kappa shape index (κ3) is 6.28. The lowest BCUT2D eigenvalue weighted by atomic mass is 9.73. The summed E-state index contributed by atoms with van der Waals surface area (Å²) in [6.45, 7) is 4.69. The molecular weight excluding hydrogens is 448 g/mol. The van der Waals surface area contributed by atoms with Gasteiger partial charge in [0, 0.05) is 31.3 Å². The SMILES string of the molecule is Cc1ccc(N2CCC3OCCCC3(COc3ncccc3F)C2)nn1.O=C(O)C(F)(F)F. The van der Waals surface area contributed by atoms with E-state index in [1.807, 2.05) is 19.1 Å². The van der Waals surface area contributed by atoms with Gasteiger partial charge >= 0.3 is 12.1 Å². The summed E-state index contributed by atoms with van der Waals surface area (Å²) in [6, 6.07) is 6.90. The zero-order valence-electron chi connectivity index (χ0n) is 17.9. The van der Waals surface area contributed by atoms with E-state index < -0.39 is 18.0 Å². The van der Waals surface area contributed by atoms with Gasteiger partial charge in [-0.2, -0.15) is 18.3 Å². The molecular formula is C21H24F4N4O4. The Morgan fingerprint density at radius 2 is 2.09 bits per heavy atom. The number of hydrogen-bond donors (Lipinski definition) is 1. The van der Waals surface area contributed by atoms with E-state index in [-0.39, 0.29) is 17.4 Å². The minimum atomic E-state index is -5.08. The number of aromatic nitrogens is 3. The van der Waals surface area contributed by atoms with Crippen LogP contribution < -0.4 is 9.64 Å². The lowest BCUT2D eigenvalue weighted by molar-refractivity contribution is -0.192. The molecule has 8 nitrogen and oxygen atoms in total. The lowest BCUT2D eigenvalue weighted by Crippen LogP contribution is -2.57. The number of nitrogens with zero attached hydrogens (tertiary/aromatic N) is 4. The molecule has 33 heavy (non-hydrogen) atoms. The first kappa shape index (κ1) is 24.6. The second kappa shape index (κ2) is 10.3. The maximum absolute atomic E-state index is 13.9. The standard InChI is InChI=1S/C19H23FN4O2.C2HF3O2/c1-14-5-6-17(23-22-14)24-10-7-16-19(12-24,8-3-11-25-16)13-26-18-15(20)4-2-9-21-18;3-2(4,5)1(6)7/h2,4-6,9,16H,3,7-8,10-13H2,1H3;(H,6,7). The fraction of sp³-hybridized carbons (Fsp3) is 0.524. The summed E-state index contributed by atoms with van der Waals surface area (Å²) in [4.78, 5) is 15.1. The van der Waals surface area contributed by atoms with Crippen molar-refractivity contribution < 1.29 is 36.9 Å². The van der Waals surface area contributed by atoms with E-state index in [1.54, 1.807) is 12.3 Å². The van der Waals surface area contributed by atoms with Gasteiger partial charge in [0.15, 0.2) is 11.6 Å². The zero-order chi connectivity index (χ0) is 24.1. The van der Waals surface area contributed by atoms with Crippen LogP contribution in [0.25, 0.3) is 0 Å². The van der Waals surface area contributed by atoms with Crippen LogP contribution in [-0.4, -0.2) is 64.8 Å². The molecule has 2 aliphatic rings. The molecule has 4 rings (SSSR count). The number of carboxylic acids is 1. The fourth-order valence-corrected chi connectivity index (χ4v) is 3.95. The summed E-state index contributed by atoms with van der Waals surface area (Å²) in [6.07, 6.45) is -0.596. The molecule has 0 spiro atoms. The van der Waals surface area contributed by atoms with Crippen molar-refractivity contribution in [2.75, 3.05) is 31.2 Å². The number of aryl methyl sites for hydroxylation is 1. The van der Waals surface area contributed by atoms with Gasteiger partial charge in [-0.05, 0) is 50.5 Å². The number of halogens is 4. The van der Waals surface area contributed by atoms with E-state index in [1.165, 1.54) is 6.07 Å². The summed E-state index contributed by atoms with van der Waals surface area (Å²) < 4.78 is 57.5. The number of piperidine rings is 1. The molecule has 2 fully saturated rings. The normalized spacial score (nSPS) is 22.6. The molecule has 180 valence electrons. The minimum absolute atomic E-state index is 0.0541. The number of alkyl halides is 3. The summed E-state index contributed by atoms with van der Waals surface area (Å²) in [7, 11) is 0. The van der Waals surface area contributed by atoms with Gasteiger partial charge in [-0.3, -0.25) is 0 Å². The summed E-state index contributed by atoms with van der Waals surface area (Å²) in [5.74, 6) is -2.27. The second-order valence-corrected chi connectivity index (χ2v) is 7.95. The molecule has 2 aromatic rings. The maximum atomic E-state index is 13.9. The summed E-state index contributed by atoms with van der Waals surface area (Å²) in [5, 5.41) is 15.6. The Morgan fingerprint density at radius 1 is 1.33 bits per heavy atom. The van der Waals surface area contributed by atoms with Gasteiger partial charge in [0.25, 0.3) is 0 Å². The smallest absolute Gasteiger partial charge is 0.475 e. The molecule has 2 saturated heterocycles. The van der Waals surface area contributed by atoms with Crippen LogP contribution in [0.1, 0.15) is 25.0 Å². The number of carbonyl (C=O) groups is 1. The van der Waals surface area contributed by atoms with Crippen molar-refractivity contribution in [1.82, 2.24) is 15.2 Å². The summed E-state index contributed by atoms with van der Waals surface area (Å²) in [5.41, 5.74) is 0.695. The largest absolute Gasteiger partial charge is 0.490 e. The zero-order valence-corrected chi connectivity index (χ0v) is 17.9. The van der Waals surface area contributed by atoms with Gasteiger partial charge < -0.3 is 19.5 Å². The van der Waals surface area contributed by atoms with Crippen molar-refractivity contribution in [2.45, 2.75) is 38.5 Å². The third-order valence-electron chi connectivity index (χ3n) is 5.56. The Kier molecular flexibility index (Phi) is 7.67. The third-order valence-corrected chi connectivity index (χ3v) is 5.56. The molecule has 0 amide bonds. The molecule has 0 saturated carbocycles. The predicted molar refractivity (Wildman–Crippen MR) is 108 cm³/mol. The average molecular weight is 472 g/mol. The van der Waals surface area contributed by atoms with Crippen molar-refractivity contribution in [3.63, 3.8) is 0 Å². The number of ether oxygens (including phenoxy) is 2. The highest BCUT2D eigenvalue weighted by molar-refractivity contribution is 5.73. The van der Waals surface area contributed by atoms with Gasteiger partial charge in [0.2, 0.25) is 5.88 Å². The monoisotopic (exact) mass is 472 g/mol. The Labute approximate surface area is 187 Å². The minimum Gasteiger partial charge on any atom is -0.475 e. The first-order valence-corrected chi connectivity index (χ1v) is 10.3. The molecule has 2 aromatic heterocycles. The Hall–Kier alpha value is -3.02. The molecule has 12 heteroatoms. The van der Waals surface area contributed by atoms with Crippen molar-refractivity contribution in [1.29, 1.82) is 0 Å². The van der Waals surface area contributed by atoms with Crippen LogP contribution in [-0.2, 0) is 9.53 Å². The highest BCUT2D eigenvalue weighted by Gasteiger charge is 2.47. The van der Waals surface area contributed by atoms with Crippen molar-refractivity contribution in [3.05, 3.63) is 42.0 Å². The van der Waals surface area contributed by atoms with Crippen molar-refractivity contribution in [3.8, 4) is 5.88 Å². The van der Waals surface area contributed by atoms with E-state index in [2.05, 4.69) is 20.1 Å². The molecule has 0 aliphatic carbocycles. The van der Waals surface area contributed by atoms with Gasteiger partial charge in [-0.1, -0.05) is 0 Å². The van der Waals surface area contributed by atoms with Gasteiger partial charge in [-0.25, -0.2) is 14.2 Å². The van der Waals surface area contributed by atoms with Crippen LogP contribution in [0.5, 0.6) is 5.88 Å². The number of carboxylic acid groups (broad SMARTS) is 1. The molecule has 2 atom stereocenters. The predicted octanol–water partition coefficient (Wildman–Crippen LogP) is 3.41. The number of aliphatic carboxylic acids is 1. The molecule has 4 heterocycles. The van der Waals surface area contributed by atoms with Gasteiger partial charge in [-0.15, -0.1) is 5.10 Å². The van der Waals surface area contributed by atoms with Crippen LogP contribution >= 0.6 is 0 Å². The number of rotatable bonds is 4. The van der Waals surface area contributed by atoms with E-state index >= 15 is 0 Å². The summed E-state index contributed by atoms with van der Waals surface area (Å²) >= 11 is 0. The fourth-order valence-electron chi connectivity index (χ4n) is 3.95. The molecule has 2 unspecified atom stereocenters. The van der Waals surface area contributed by atoms with E-state index in [0.717, 1.165) is 50.5 Å². The van der Waals surface area contributed by atoms with Gasteiger partial charge in [0.05, 0.1) is 18.4 Å². The highest BCUT2D eigenvalue weighted by Crippen LogP contribution is 2.41. The van der Waals surface area contributed by atoms with E-state index in [9.17, 15) is 17.6 Å². The van der Waals surface area contributed by atoms with Crippen LogP contribution in [0.2, 0.25) is 0 Å². The van der Waals surface area contributed by atoms with E-state index in [0.29, 0.717) is 6.61 Å². The Bertz CT molecular complexity index is 945. The number of hydrogen-bond acceptors (Lipinski definition) is 7. The average Bonchev–Trinajstić information content (AvgIpc) is 2.78. The van der Waals surface area contributed by atoms with E-state index in [4.69, 9.17) is 19.4 Å². The molecule has 2 aliphatic heterocycles. The number of fused-ring (bicyclic) bond motifs is 1. The topological polar surface area (TPSA) is 97.7 Å². The van der Waals surface area contributed by atoms with Crippen LogP contribution in [0.3, 0.4) is 0 Å². The Balaban J connectivity index is 0.000000383. The first-order chi connectivity index (χ1) is 15.6. The molecule has 0 radical (unpaired) electrons. The van der Waals surface area contributed by atoms with Crippen LogP contribution in [0.4, 0.5) is 23.4 Å². The molecule has 1 N–H and O–H groups in total. The Morgan fingerprint density at radius 3 is 2.73 bits per heavy atom.